The topological polar surface area (TPSA) is 96.7 Å². The predicted molar refractivity (Wildman–Crippen MR) is 111 cm³/mol. The molecule has 2 aliphatic heterocycles. The Balaban J connectivity index is 1.59. The van der Waals surface area contributed by atoms with Crippen LogP contribution >= 0.6 is 0 Å². The third-order valence-electron chi connectivity index (χ3n) is 5.45. The number of phenolic OH excluding ortho intramolecular Hbond substituents is 1. The Bertz CT molecular complexity index is 1040. The van der Waals surface area contributed by atoms with E-state index >= 15 is 0 Å². The zero-order valence-corrected chi connectivity index (χ0v) is 16.7. The van der Waals surface area contributed by atoms with Gasteiger partial charge >= 0.3 is 0 Å². The van der Waals surface area contributed by atoms with Crippen molar-refractivity contribution in [2.24, 2.45) is 0 Å². The van der Waals surface area contributed by atoms with Crippen LogP contribution < -0.4 is 0 Å². The molecule has 0 radical (unpaired) electrons. The number of phenols is 1. The number of pyridine rings is 1. The van der Waals surface area contributed by atoms with Crippen LogP contribution in [0.1, 0.15) is 24.1 Å². The molecule has 0 amide bonds. The number of fused-ring (bicyclic) bond motifs is 1. The fourth-order valence-corrected chi connectivity index (χ4v) is 5.97. The highest BCUT2D eigenvalue weighted by molar-refractivity contribution is 7.92. The van der Waals surface area contributed by atoms with Gasteiger partial charge in [0, 0.05) is 6.20 Å². The Morgan fingerprint density at radius 2 is 2.00 bits per heavy atom. The molecule has 2 aromatic rings. The highest BCUT2D eigenvalue weighted by atomic mass is 32.2. The molecule has 29 heavy (non-hydrogen) atoms. The van der Waals surface area contributed by atoms with E-state index in [9.17, 15) is 18.6 Å². The fraction of sp³-hybridized carbons (Fsp3) is 0.318. The highest BCUT2D eigenvalue weighted by Gasteiger charge is 2.46. The van der Waals surface area contributed by atoms with Gasteiger partial charge in [-0.25, -0.2) is 8.42 Å². The van der Waals surface area contributed by atoms with E-state index in [1.54, 1.807) is 18.3 Å². The van der Waals surface area contributed by atoms with Crippen molar-refractivity contribution in [1.82, 2.24) is 4.98 Å². The molecule has 1 aromatic carbocycles. The van der Waals surface area contributed by atoms with E-state index in [0.717, 1.165) is 22.4 Å². The summed E-state index contributed by atoms with van der Waals surface area (Å²) in [6, 6.07) is 12.6. The number of sulfone groups is 1. The van der Waals surface area contributed by atoms with Gasteiger partial charge in [-0.05, 0) is 65.5 Å². The first-order valence-corrected chi connectivity index (χ1v) is 11.3. The van der Waals surface area contributed by atoms with Crippen LogP contribution in [0.5, 0.6) is 5.75 Å². The molecular weight excluding hydrogens is 390 g/mol. The molecule has 1 fully saturated rings. The molecule has 0 bridgehead atoms. The van der Waals surface area contributed by atoms with E-state index in [-0.39, 0.29) is 30.8 Å². The van der Waals surface area contributed by atoms with Crippen molar-refractivity contribution < 1.29 is 23.4 Å². The second-order valence-corrected chi connectivity index (χ2v) is 9.53. The number of ether oxygens (including phenoxy) is 1. The Hall–Kier alpha value is -2.48. The Kier molecular flexibility index (Phi) is 5.54. The average molecular weight is 413 g/mol. The molecule has 3 heterocycles. The number of hydrogen-bond donors (Lipinski definition) is 2. The Morgan fingerprint density at radius 1 is 1.21 bits per heavy atom. The van der Waals surface area contributed by atoms with Gasteiger partial charge in [0.05, 0.1) is 30.8 Å². The number of aliphatic hydroxyl groups is 1. The third kappa shape index (κ3) is 4.12. The molecule has 6 nitrogen and oxygen atoms in total. The average Bonchev–Trinajstić information content (AvgIpc) is 3.26. The van der Waals surface area contributed by atoms with Crippen molar-refractivity contribution in [3.63, 3.8) is 0 Å². The molecule has 2 aliphatic rings. The number of benzene rings is 1. The maximum absolute atomic E-state index is 12.3. The zero-order chi connectivity index (χ0) is 20.4. The highest BCUT2D eigenvalue weighted by Crippen LogP contribution is 2.39. The normalized spacial score (nSPS) is 23.4. The molecule has 0 saturated carbocycles. The molecule has 2 atom stereocenters. The smallest absolute Gasteiger partial charge is 0.163 e. The van der Waals surface area contributed by atoms with Gasteiger partial charge in [0.15, 0.2) is 9.84 Å². The number of aromatic nitrogens is 1. The molecule has 152 valence electrons. The van der Waals surface area contributed by atoms with Crippen LogP contribution in [-0.2, 0) is 14.6 Å². The van der Waals surface area contributed by atoms with Crippen molar-refractivity contribution in [3.8, 4) is 5.75 Å². The number of hydrogen-bond acceptors (Lipinski definition) is 6. The summed E-state index contributed by atoms with van der Waals surface area (Å²) >= 11 is 0. The number of aliphatic hydroxyl groups excluding tert-OH is 1. The summed E-state index contributed by atoms with van der Waals surface area (Å²) in [6.07, 6.45) is 4.67. The van der Waals surface area contributed by atoms with E-state index in [2.05, 4.69) is 4.98 Å². The van der Waals surface area contributed by atoms with Gasteiger partial charge in [-0.1, -0.05) is 18.2 Å². The first-order valence-electron chi connectivity index (χ1n) is 9.55. The summed E-state index contributed by atoms with van der Waals surface area (Å²) in [5.41, 5.74) is 4.10. The minimum absolute atomic E-state index is 0.0696. The molecule has 0 unspecified atom stereocenters. The summed E-state index contributed by atoms with van der Waals surface area (Å²) in [4.78, 5) is 4.45. The number of rotatable bonds is 6. The predicted octanol–water partition coefficient (Wildman–Crippen LogP) is 2.59. The number of aromatic hydroxyl groups is 1. The molecule has 0 aliphatic carbocycles. The molecule has 2 N–H and O–H groups in total. The standard InChI is InChI=1S/C22H23NO5S/c24-12-17-14-29(26,27)21-13-28-20(22(17)21)9-6-16(19-3-1-2-10-23-19)11-15-4-7-18(25)8-5-15/h1-5,7-8,10-11,20-21,24-25H,6,9,12-14H2/b16-11-/t20-,21+/m1/s1. The number of nitrogens with zero attached hydrogens (tertiary/aromatic N) is 1. The second-order valence-electron chi connectivity index (χ2n) is 7.35. The maximum atomic E-state index is 12.3. The monoisotopic (exact) mass is 413 g/mol. The van der Waals surface area contributed by atoms with E-state index in [1.165, 1.54) is 0 Å². The third-order valence-corrected chi connectivity index (χ3v) is 7.46. The van der Waals surface area contributed by atoms with E-state index in [4.69, 9.17) is 4.74 Å². The van der Waals surface area contributed by atoms with Crippen molar-refractivity contribution in [2.75, 3.05) is 19.0 Å². The van der Waals surface area contributed by atoms with E-state index in [1.807, 2.05) is 36.4 Å². The molecular formula is C22H23NO5S. The maximum Gasteiger partial charge on any atom is 0.163 e. The van der Waals surface area contributed by atoms with Gasteiger partial charge in [0.25, 0.3) is 0 Å². The quantitative estimate of drug-likeness (QED) is 0.707. The van der Waals surface area contributed by atoms with Crippen molar-refractivity contribution in [1.29, 1.82) is 0 Å². The molecule has 4 rings (SSSR count). The summed E-state index contributed by atoms with van der Waals surface area (Å²) in [5, 5.41) is 18.5. The zero-order valence-electron chi connectivity index (χ0n) is 15.9. The van der Waals surface area contributed by atoms with Crippen LogP contribution in [0.25, 0.3) is 11.6 Å². The first-order chi connectivity index (χ1) is 14.0. The van der Waals surface area contributed by atoms with Crippen molar-refractivity contribution >= 4 is 21.5 Å². The minimum Gasteiger partial charge on any atom is -0.508 e. The number of allylic oxidation sites excluding steroid dienone is 1. The van der Waals surface area contributed by atoms with Gasteiger partial charge < -0.3 is 14.9 Å². The van der Waals surface area contributed by atoms with Crippen LogP contribution in [0.15, 0.2) is 59.8 Å². The summed E-state index contributed by atoms with van der Waals surface area (Å²) in [7, 11) is -3.27. The van der Waals surface area contributed by atoms with Gasteiger partial charge in [-0.15, -0.1) is 0 Å². The van der Waals surface area contributed by atoms with Crippen LogP contribution in [0, 0.1) is 0 Å². The van der Waals surface area contributed by atoms with Crippen LogP contribution in [0.2, 0.25) is 0 Å². The lowest BCUT2D eigenvalue weighted by Gasteiger charge is -2.15. The lowest BCUT2D eigenvalue weighted by molar-refractivity contribution is 0.118. The summed E-state index contributed by atoms with van der Waals surface area (Å²) < 4.78 is 30.4. The minimum atomic E-state index is -3.27. The molecule has 7 heteroatoms. The summed E-state index contributed by atoms with van der Waals surface area (Å²) in [5.74, 6) is 0.137. The second kappa shape index (κ2) is 8.10. The SMILES string of the molecule is O=S1(=O)CC(CO)=C2[C@@H](CC/C(=C/c3ccc(O)cc3)c3ccccn3)OC[C@@H]21. The Labute approximate surface area is 170 Å². The van der Waals surface area contributed by atoms with Gasteiger partial charge in [0.1, 0.15) is 11.0 Å². The lowest BCUT2D eigenvalue weighted by atomic mass is 9.95. The molecule has 0 spiro atoms. The fourth-order valence-electron chi connectivity index (χ4n) is 4.03. The Morgan fingerprint density at radius 3 is 2.69 bits per heavy atom. The van der Waals surface area contributed by atoms with E-state index in [0.29, 0.717) is 18.4 Å². The van der Waals surface area contributed by atoms with Gasteiger partial charge in [-0.2, -0.15) is 0 Å². The molecule has 1 saturated heterocycles. The van der Waals surface area contributed by atoms with Crippen molar-refractivity contribution in [3.05, 3.63) is 71.1 Å². The first kappa shape index (κ1) is 19.8. The van der Waals surface area contributed by atoms with Crippen LogP contribution in [0.4, 0.5) is 0 Å². The van der Waals surface area contributed by atoms with Gasteiger partial charge in [-0.3, -0.25) is 4.98 Å². The van der Waals surface area contributed by atoms with Crippen LogP contribution in [0.3, 0.4) is 0 Å². The van der Waals surface area contributed by atoms with E-state index < -0.39 is 15.1 Å². The molecule has 1 aromatic heterocycles. The van der Waals surface area contributed by atoms with Gasteiger partial charge in [0.2, 0.25) is 0 Å². The van der Waals surface area contributed by atoms with Crippen LogP contribution in [-0.4, -0.2) is 53.9 Å². The largest absolute Gasteiger partial charge is 0.508 e. The summed E-state index contributed by atoms with van der Waals surface area (Å²) in [6.45, 7) is -0.0895. The van der Waals surface area contributed by atoms with Crippen molar-refractivity contribution in [2.45, 2.75) is 24.2 Å². The lowest BCUT2D eigenvalue weighted by Crippen LogP contribution is -2.19.